The predicted octanol–water partition coefficient (Wildman–Crippen LogP) is 6.15. The Hall–Kier alpha value is -3.65. The minimum Gasteiger partial charge on any atom is -0.493 e. The monoisotopic (exact) mass is 511 g/mol. The van der Waals surface area contributed by atoms with Gasteiger partial charge in [0.25, 0.3) is 5.91 Å². The second-order valence-corrected chi connectivity index (χ2v) is 7.87. The van der Waals surface area contributed by atoms with Crippen molar-refractivity contribution in [2.24, 2.45) is 0 Å². The topological polar surface area (TPSA) is 79.2 Å². The van der Waals surface area contributed by atoms with Crippen molar-refractivity contribution in [1.82, 2.24) is 0 Å². The molecule has 0 aliphatic rings. The molecule has 0 atom stereocenters. The molecule has 4 aromatic rings. The Morgan fingerprint density at radius 1 is 0.879 bits per heavy atom. The standard InChI is InChI=1S/C25H22BrNO6/c1-29-19-9-8-17(26)22(23(19)31-3)25(28)27-18-7-5-6-15-16(18)12-20(30-2)24(32-4)21(15)14-10-11-33-13-14/h5-13H,1-4H3,(H,27,28). The zero-order chi connectivity index (χ0) is 23.5. The summed E-state index contributed by atoms with van der Waals surface area (Å²) in [6.45, 7) is 0. The van der Waals surface area contributed by atoms with Crippen molar-refractivity contribution in [3.63, 3.8) is 0 Å². The van der Waals surface area contributed by atoms with Crippen molar-refractivity contribution in [1.29, 1.82) is 0 Å². The molecule has 1 aromatic heterocycles. The first-order chi connectivity index (χ1) is 16.0. The Morgan fingerprint density at radius 3 is 2.27 bits per heavy atom. The van der Waals surface area contributed by atoms with Gasteiger partial charge in [-0.2, -0.15) is 0 Å². The molecule has 0 aliphatic heterocycles. The molecule has 0 saturated heterocycles. The highest BCUT2D eigenvalue weighted by molar-refractivity contribution is 9.10. The van der Waals surface area contributed by atoms with E-state index in [0.29, 0.717) is 38.7 Å². The molecule has 170 valence electrons. The molecule has 8 heteroatoms. The van der Waals surface area contributed by atoms with Crippen LogP contribution >= 0.6 is 15.9 Å². The molecule has 7 nitrogen and oxygen atoms in total. The highest BCUT2D eigenvalue weighted by Crippen LogP contribution is 2.46. The SMILES string of the molecule is COc1ccc(Br)c(C(=O)Nc2cccc3c(-c4ccoc4)c(OC)c(OC)cc23)c1OC. The van der Waals surface area contributed by atoms with Crippen LogP contribution in [0.5, 0.6) is 23.0 Å². The summed E-state index contributed by atoms with van der Waals surface area (Å²) in [5.41, 5.74) is 2.55. The first-order valence-electron chi connectivity index (χ1n) is 9.96. The van der Waals surface area contributed by atoms with Crippen molar-refractivity contribution in [2.45, 2.75) is 0 Å². The number of carbonyl (C=O) groups excluding carboxylic acids is 1. The van der Waals surface area contributed by atoms with Gasteiger partial charge in [-0.3, -0.25) is 4.79 Å². The summed E-state index contributed by atoms with van der Waals surface area (Å²) in [5.74, 6) is 1.54. The van der Waals surface area contributed by atoms with E-state index in [4.69, 9.17) is 23.4 Å². The van der Waals surface area contributed by atoms with Gasteiger partial charge in [0.05, 0.1) is 46.5 Å². The highest BCUT2D eigenvalue weighted by Gasteiger charge is 2.23. The fraction of sp³-hybridized carbons (Fsp3) is 0.160. The molecular formula is C25H22BrNO6. The number of halogens is 1. The lowest BCUT2D eigenvalue weighted by molar-refractivity contribution is 0.102. The zero-order valence-electron chi connectivity index (χ0n) is 18.5. The van der Waals surface area contributed by atoms with Crippen LogP contribution in [-0.2, 0) is 0 Å². The first kappa shape index (κ1) is 22.5. The molecule has 1 amide bonds. The third kappa shape index (κ3) is 3.98. The molecule has 0 radical (unpaired) electrons. The van der Waals surface area contributed by atoms with E-state index in [2.05, 4.69) is 21.2 Å². The average Bonchev–Trinajstić information content (AvgIpc) is 3.37. The van der Waals surface area contributed by atoms with Gasteiger partial charge in [-0.25, -0.2) is 0 Å². The molecule has 0 saturated carbocycles. The van der Waals surface area contributed by atoms with E-state index in [9.17, 15) is 4.79 Å². The average molecular weight is 512 g/mol. The van der Waals surface area contributed by atoms with Gasteiger partial charge in [-0.1, -0.05) is 12.1 Å². The van der Waals surface area contributed by atoms with E-state index in [0.717, 1.165) is 21.9 Å². The van der Waals surface area contributed by atoms with Crippen molar-refractivity contribution >= 4 is 38.3 Å². The van der Waals surface area contributed by atoms with Crippen LogP contribution in [0.3, 0.4) is 0 Å². The Labute approximate surface area is 199 Å². The van der Waals surface area contributed by atoms with E-state index in [-0.39, 0.29) is 5.91 Å². The number of anilines is 1. The van der Waals surface area contributed by atoms with Crippen molar-refractivity contribution < 1.29 is 28.2 Å². The summed E-state index contributed by atoms with van der Waals surface area (Å²) in [6, 6.07) is 12.8. The minimum absolute atomic E-state index is 0.324. The first-order valence-corrected chi connectivity index (χ1v) is 10.7. The number of methoxy groups -OCH3 is 4. The lowest BCUT2D eigenvalue weighted by Gasteiger charge is -2.18. The van der Waals surface area contributed by atoms with E-state index >= 15 is 0 Å². The number of amides is 1. The molecular weight excluding hydrogens is 490 g/mol. The quantitative estimate of drug-likeness (QED) is 0.320. The van der Waals surface area contributed by atoms with Gasteiger partial charge in [0.1, 0.15) is 0 Å². The fourth-order valence-corrected chi connectivity index (χ4v) is 4.33. The Bertz CT molecular complexity index is 1320. The van der Waals surface area contributed by atoms with Crippen molar-refractivity contribution in [3.8, 4) is 34.1 Å². The van der Waals surface area contributed by atoms with E-state index in [1.165, 1.54) is 14.2 Å². The maximum atomic E-state index is 13.4. The number of furan rings is 1. The molecule has 1 N–H and O–H groups in total. The van der Waals surface area contributed by atoms with Crippen LogP contribution in [-0.4, -0.2) is 34.3 Å². The van der Waals surface area contributed by atoms with Crippen LogP contribution in [0.4, 0.5) is 5.69 Å². The fourth-order valence-electron chi connectivity index (χ4n) is 3.84. The van der Waals surface area contributed by atoms with Crippen molar-refractivity contribution in [3.05, 3.63) is 65.0 Å². The molecule has 4 rings (SSSR count). The molecule has 0 aliphatic carbocycles. The molecule has 0 bridgehead atoms. The van der Waals surface area contributed by atoms with Gasteiger partial charge in [-0.15, -0.1) is 0 Å². The third-order valence-electron chi connectivity index (χ3n) is 5.31. The van der Waals surface area contributed by atoms with E-state index in [1.54, 1.807) is 38.9 Å². The largest absolute Gasteiger partial charge is 0.493 e. The van der Waals surface area contributed by atoms with Crippen LogP contribution in [0.1, 0.15) is 10.4 Å². The number of benzene rings is 3. The summed E-state index contributed by atoms with van der Waals surface area (Å²) in [4.78, 5) is 13.4. The number of fused-ring (bicyclic) bond motifs is 1. The summed E-state index contributed by atoms with van der Waals surface area (Å²) in [5, 5.41) is 4.65. The predicted molar refractivity (Wildman–Crippen MR) is 130 cm³/mol. The second kappa shape index (κ2) is 9.46. The number of nitrogens with one attached hydrogen (secondary N) is 1. The number of ether oxygens (including phenoxy) is 4. The molecule has 0 unspecified atom stereocenters. The van der Waals surface area contributed by atoms with Crippen LogP contribution in [0.2, 0.25) is 0 Å². The maximum absolute atomic E-state index is 13.4. The second-order valence-electron chi connectivity index (χ2n) is 7.01. The van der Waals surface area contributed by atoms with Crippen LogP contribution < -0.4 is 24.3 Å². The Kier molecular flexibility index (Phi) is 6.46. The normalized spacial score (nSPS) is 10.7. The van der Waals surface area contributed by atoms with Gasteiger partial charge < -0.3 is 28.7 Å². The van der Waals surface area contributed by atoms with Crippen LogP contribution in [0, 0.1) is 0 Å². The third-order valence-corrected chi connectivity index (χ3v) is 5.97. The number of carbonyl (C=O) groups is 1. The number of hydrogen-bond acceptors (Lipinski definition) is 6. The Balaban J connectivity index is 1.89. The number of hydrogen-bond donors (Lipinski definition) is 1. The summed E-state index contributed by atoms with van der Waals surface area (Å²) >= 11 is 3.45. The molecule has 1 heterocycles. The lowest BCUT2D eigenvalue weighted by Crippen LogP contribution is -2.15. The van der Waals surface area contributed by atoms with Gasteiger partial charge in [0, 0.05) is 26.7 Å². The summed E-state index contributed by atoms with van der Waals surface area (Å²) in [7, 11) is 6.18. The summed E-state index contributed by atoms with van der Waals surface area (Å²) in [6.07, 6.45) is 3.23. The minimum atomic E-state index is -0.357. The van der Waals surface area contributed by atoms with Gasteiger partial charge >= 0.3 is 0 Å². The highest BCUT2D eigenvalue weighted by atomic mass is 79.9. The smallest absolute Gasteiger partial charge is 0.260 e. The maximum Gasteiger partial charge on any atom is 0.260 e. The van der Waals surface area contributed by atoms with Gasteiger partial charge in [0.2, 0.25) is 0 Å². The van der Waals surface area contributed by atoms with Crippen LogP contribution in [0.15, 0.2) is 63.9 Å². The Morgan fingerprint density at radius 2 is 1.64 bits per heavy atom. The molecule has 3 aromatic carbocycles. The lowest BCUT2D eigenvalue weighted by atomic mass is 9.97. The van der Waals surface area contributed by atoms with Crippen molar-refractivity contribution in [2.75, 3.05) is 33.8 Å². The number of rotatable bonds is 7. The van der Waals surface area contributed by atoms with E-state index < -0.39 is 0 Å². The zero-order valence-corrected chi connectivity index (χ0v) is 20.1. The molecule has 0 fully saturated rings. The molecule has 0 spiro atoms. The van der Waals surface area contributed by atoms with Gasteiger partial charge in [-0.05, 0) is 51.6 Å². The van der Waals surface area contributed by atoms with E-state index in [1.807, 2.05) is 30.3 Å². The van der Waals surface area contributed by atoms with Gasteiger partial charge in [0.15, 0.2) is 23.0 Å². The van der Waals surface area contributed by atoms with Crippen LogP contribution in [0.25, 0.3) is 21.9 Å². The summed E-state index contributed by atoms with van der Waals surface area (Å²) < 4.78 is 28.0. The molecule has 33 heavy (non-hydrogen) atoms.